The minimum absolute atomic E-state index is 0.184. The van der Waals surface area contributed by atoms with Gasteiger partial charge in [0.1, 0.15) is 11.6 Å². The van der Waals surface area contributed by atoms with Gasteiger partial charge in [-0.25, -0.2) is 8.78 Å². The molecule has 0 N–H and O–H groups in total. The fraction of sp³-hybridized carbons (Fsp3) is 0.556. The second-order valence-electron chi connectivity index (χ2n) is 9.45. The molecule has 0 saturated heterocycles. The summed E-state index contributed by atoms with van der Waals surface area (Å²) in [4.78, 5) is 0. The van der Waals surface area contributed by atoms with E-state index >= 15 is 0 Å². The van der Waals surface area contributed by atoms with E-state index in [0.717, 1.165) is 28.9 Å². The molecule has 0 aliphatic heterocycles. The Morgan fingerprint density at radius 1 is 0.828 bits per heavy atom. The van der Waals surface area contributed by atoms with Crippen LogP contribution in [0.25, 0.3) is 11.1 Å². The summed E-state index contributed by atoms with van der Waals surface area (Å²) in [5, 5.41) is 0. The third-order valence-electron chi connectivity index (χ3n) is 7.56. The highest BCUT2D eigenvalue weighted by Crippen LogP contribution is 2.48. The minimum atomic E-state index is -0.289. The van der Waals surface area contributed by atoms with Crippen molar-refractivity contribution in [1.29, 1.82) is 0 Å². The summed E-state index contributed by atoms with van der Waals surface area (Å²) in [6, 6.07) is 11.8. The topological polar surface area (TPSA) is 0 Å². The van der Waals surface area contributed by atoms with E-state index in [-0.39, 0.29) is 11.6 Å². The summed E-state index contributed by atoms with van der Waals surface area (Å²) < 4.78 is 28.0. The van der Waals surface area contributed by atoms with Gasteiger partial charge in [0.15, 0.2) is 0 Å². The van der Waals surface area contributed by atoms with Crippen LogP contribution in [0, 0.1) is 29.4 Å². The number of hydrogen-bond donors (Lipinski definition) is 0. The molecular formula is C27H34F2. The van der Waals surface area contributed by atoms with Crippen molar-refractivity contribution in [1.82, 2.24) is 0 Å². The highest BCUT2D eigenvalue weighted by molar-refractivity contribution is 5.64. The highest BCUT2D eigenvalue weighted by atomic mass is 19.1. The van der Waals surface area contributed by atoms with Crippen LogP contribution < -0.4 is 0 Å². The van der Waals surface area contributed by atoms with Crippen LogP contribution in [-0.2, 0) is 0 Å². The van der Waals surface area contributed by atoms with Gasteiger partial charge in [-0.15, -0.1) is 0 Å². The van der Waals surface area contributed by atoms with Crippen LogP contribution in [0.5, 0.6) is 0 Å². The molecule has 0 amide bonds. The van der Waals surface area contributed by atoms with Crippen LogP contribution in [0.4, 0.5) is 8.78 Å². The monoisotopic (exact) mass is 396 g/mol. The molecule has 156 valence electrons. The SMILES string of the molecule is CCCCCC1CCC2CC(c3ccc(-c4ccc(F)cc4)c(F)c3)CCC2C1. The second-order valence-corrected chi connectivity index (χ2v) is 9.45. The second kappa shape index (κ2) is 9.41. The zero-order chi connectivity index (χ0) is 20.2. The standard InChI is InChI=1S/C27H34F2/c1-2-3-4-5-19-6-7-22-17-23(9-8-21(22)16-19)24-12-15-26(27(29)18-24)20-10-13-25(28)14-11-20/h10-15,18-19,21-23H,2-9,16-17H2,1H3. The summed E-state index contributed by atoms with van der Waals surface area (Å²) in [6.07, 6.45) is 13.4. The molecule has 4 atom stereocenters. The van der Waals surface area contributed by atoms with Crippen molar-refractivity contribution in [2.24, 2.45) is 17.8 Å². The molecule has 0 aromatic heterocycles. The summed E-state index contributed by atoms with van der Waals surface area (Å²) in [6.45, 7) is 2.28. The summed E-state index contributed by atoms with van der Waals surface area (Å²) in [5.41, 5.74) is 2.45. The van der Waals surface area contributed by atoms with Crippen molar-refractivity contribution in [2.75, 3.05) is 0 Å². The first-order valence-corrected chi connectivity index (χ1v) is 11.7. The largest absolute Gasteiger partial charge is 0.207 e. The van der Waals surface area contributed by atoms with Gasteiger partial charge < -0.3 is 0 Å². The van der Waals surface area contributed by atoms with E-state index in [9.17, 15) is 8.78 Å². The molecule has 0 bridgehead atoms. The first kappa shape index (κ1) is 20.6. The maximum atomic E-state index is 14.8. The summed E-state index contributed by atoms with van der Waals surface area (Å²) in [7, 11) is 0. The van der Waals surface area contributed by atoms with E-state index in [1.165, 1.54) is 76.3 Å². The van der Waals surface area contributed by atoms with Gasteiger partial charge in [-0.3, -0.25) is 0 Å². The zero-order valence-corrected chi connectivity index (χ0v) is 17.7. The van der Waals surface area contributed by atoms with Crippen molar-refractivity contribution < 1.29 is 8.78 Å². The van der Waals surface area contributed by atoms with Gasteiger partial charge in [0.05, 0.1) is 0 Å². The molecule has 4 rings (SSSR count). The van der Waals surface area contributed by atoms with Crippen LogP contribution in [0.2, 0.25) is 0 Å². The average molecular weight is 397 g/mol. The maximum absolute atomic E-state index is 14.8. The van der Waals surface area contributed by atoms with Crippen LogP contribution in [-0.4, -0.2) is 0 Å². The van der Waals surface area contributed by atoms with Crippen LogP contribution in [0.1, 0.15) is 82.6 Å². The minimum Gasteiger partial charge on any atom is -0.207 e. The summed E-state index contributed by atoms with van der Waals surface area (Å²) >= 11 is 0. The fourth-order valence-electron chi connectivity index (χ4n) is 5.88. The van der Waals surface area contributed by atoms with Crippen molar-refractivity contribution in [2.45, 2.75) is 77.0 Å². The number of rotatable bonds is 6. The first-order chi connectivity index (χ1) is 14.1. The van der Waals surface area contributed by atoms with E-state index < -0.39 is 0 Å². The molecule has 29 heavy (non-hydrogen) atoms. The number of hydrogen-bond acceptors (Lipinski definition) is 0. The molecule has 2 saturated carbocycles. The summed E-state index contributed by atoms with van der Waals surface area (Å²) in [5.74, 6) is 2.70. The van der Waals surface area contributed by atoms with Gasteiger partial charge in [-0.2, -0.15) is 0 Å². The normalized spacial score (nSPS) is 26.9. The Morgan fingerprint density at radius 3 is 2.34 bits per heavy atom. The molecule has 2 aliphatic rings. The smallest absolute Gasteiger partial charge is 0.131 e. The zero-order valence-electron chi connectivity index (χ0n) is 17.7. The lowest BCUT2D eigenvalue weighted by atomic mass is 9.63. The van der Waals surface area contributed by atoms with Gasteiger partial charge in [-0.1, -0.05) is 63.3 Å². The van der Waals surface area contributed by atoms with Gasteiger partial charge in [0.2, 0.25) is 0 Å². The average Bonchev–Trinajstić information content (AvgIpc) is 2.74. The third kappa shape index (κ3) is 4.90. The molecule has 2 aromatic carbocycles. The van der Waals surface area contributed by atoms with Crippen LogP contribution in [0.15, 0.2) is 42.5 Å². The quantitative estimate of drug-likeness (QED) is 0.429. The van der Waals surface area contributed by atoms with Gasteiger partial charge in [-0.05, 0) is 85.1 Å². The Bertz CT molecular complexity index is 795. The van der Waals surface area contributed by atoms with Crippen molar-refractivity contribution in [3.63, 3.8) is 0 Å². The molecule has 2 heteroatoms. The molecule has 0 nitrogen and oxygen atoms in total. The first-order valence-electron chi connectivity index (χ1n) is 11.7. The molecule has 2 aromatic rings. The third-order valence-corrected chi connectivity index (χ3v) is 7.56. The Hall–Kier alpha value is -1.70. The van der Waals surface area contributed by atoms with Crippen LogP contribution in [0.3, 0.4) is 0 Å². The van der Waals surface area contributed by atoms with Crippen molar-refractivity contribution in [3.05, 3.63) is 59.7 Å². The Labute approximate surface area is 174 Å². The van der Waals surface area contributed by atoms with Crippen LogP contribution >= 0.6 is 0 Å². The highest BCUT2D eigenvalue weighted by Gasteiger charge is 2.35. The van der Waals surface area contributed by atoms with Crippen molar-refractivity contribution in [3.8, 4) is 11.1 Å². The Kier molecular flexibility index (Phi) is 6.67. The van der Waals surface area contributed by atoms with Gasteiger partial charge in [0.25, 0.3) is 0 Å². The molecule has 2 fully saturated rings. The number of benzene rings is 2. The molecule has 0 radical (unpaired) electrons. The predicted octanol–water partition coefficient (Wildman–Crippen LogP) is 8.51. The lowest BCUT2D eigenvalue weighted by Crippen LogP contribution is -2.30. The maximum Gasteiger partial charge on any atom is 0.131 e. The number of unbranched alkanes of at least 4 members (excludes halogenated alkanes) is 2. The molecular weight excluding hydrogens is 362 g/mol. The number of halogens is 2. The Morgan fingerprint density at radius 2 is 1.59 bits per heavy atom. The van der Waals surface area contributed by atoms with E-state index in [2.05, 4.69) is 13.0 Å². The van der Waals surface area contributed by atoms with E-state index in [4.69, 9.17) is 0 Å². The molecule has 4 unspecified atom stereocenters. The van der Waals surface area contributed by atoms with E-state index in [1.54, 1.807) is 18.2 Å². The van der Waals surface area contributed by atoms with E-state index in [0.29, 0.717) is 11.5 Å². The van der Waals surface area contributed by atoms with Crippen molar-refractivity contribution >= 4 is 0 Å². The predicted molar refractivity (Wildman–Crippen MR) is 117 cm³/mol. The van der Waals surface area contributed by atoms with Gasteiger partial charge in [0, 0.05) is 5.56 Å². The number of fused-ring (bicyclic) bond motifs is 1. The Balaban J connectivity index is 1.38. The fourth-order valence-corrected chi connectivity index (χ4v) is 5.88. The van der Waals surface area contributed by atoms with E-state index in [1.807, 2.05) is 6.07 Å². The molecule has 0 heterocycles. The lowest BCUT2D eigenvalue weighted by Gasteiger charge is -2.42. The van der Waals surface area contributed by atoms with Gasteiger partial charge >= 0.3 is 0 Å². The molecule has 0 spiro atoms. The lowest BCUT2D eigenvalue weighted by molar-refractivity contribution is 0.113. The molecule has 2 aliphatic carbocycles.